The van der Waals surface area contributed by atoms with Gasteiger partial charge in [0.1, 0.15) is 18.6 Å². The molecule has 1 atom stereocenters. The minimum atomic E-state index is -4.74. The molecule has 0 amide bonds. The Morgan fingerprint density at radius 3 is 2.52 bits per heavy atom. The van der Waals surface area contributed by atoms with E-state index < -0.39 is 16.9 Å². The van der Waals surface area contributed by atoms with Crippen molar-refractivity contribution in [2.75, 3.05) is 6.61 Å². The number of pyridine rings is 1. The highest BCUT2D eigenvalue weighted by Gasteiger charge is 2.41. The minimum Gasteiger partial charge on any atom is -0.473 e. The van der Waals surface area contributed by atoms with Gasteiger partial charge in [-0.15, -0.1) is 13.2 Å². The molecule has 2 aromatic heterocycles. The topological polar surface area (TPSA) is 102 Å². The van der Waals surface area contributed by atoms with Crippen molar-refractivity contribution >= 4 is 5.82 Å². The van der Waals surface area contributed by atoms with Crippen molar-refractivity contribution in [3.05, 3.63) is 58.9 Å². The average Bonchev–Trinajstić information content (AvgIpc) is 3.22. The maximum Gasteiger partial charge on any atom is 0.573 e. The van der Waals surface area contributed by atoms with Gasteiger partial charge in [0, 0.05) is 22.8 Å². The normalized spacial score (nSPS) is 17.7. The van der Waals surface area contributed by atoms with Gasteiger partial charge >= 0.3 is 18.2 Å². The average molecular weight is 436 g/mol. The third-order valence-corrected chi connectivity index (χ3v) is 4.44. The summed E-state index contributed by atoms with van der Waals surface area (Å²) in [6.07, 6.45) is -1.91. The number of ether oxygens (including phenoxy) is 3. The number of rotatable bonds is 6. The number of fused-ring (bicyclic) bond motifs is 1. The van der Waals surface area contributed by atoms with Crippen LogP contribution in [0.5, 0.6) is 17.6 Å². The summed E-state index contributed by atoms with van der Waals surface area (Å²) in [6.45, 7) is 2.24. The minimum absolute atomic E-state index is 0.125. The molecular weight excluding hydrogens is 421 g/mol. The highest BCUT2D eigenvalue weighted by molar-refractivity contribution is 5.63. The molecule has 3 aromatic rings. The molecule has 0 aliphatic carbocycles. The molecule has 0 fully saturated rings. The van der Waals surface area contributed by atoms with Gasteiger partial charge in [0.2, 0.25) is 5.88 Å². The third kappa shape index (κ3) is 4.68. The van der Waals surface area contributed by atoms with E-state index in [2.05, 4.69) is 14.7 Å². The van der Waals surface area contributed by atoms with Gasteiger partial charge < -0.3 is 24.3 Å². The van der Waals surface area contributed by atoms with Crippen molar-refractivity contribution in [1.82, 2.24) is 14.5 Å². The van der Waals surface area contributed by atoms with E-state index in [1.54, 1.807) is 23.6 Å². The van der Waals surface area contributed by atoms with Crippen LogP contribution in [0, 0.1) is 10.1 Å². The summed E-state index contributed by atoms with van der Waals surface area (Å²) >= 11 is 0. The Morgan fingerprint density at radius 1 is 1.23 bits per heavy atom. The monoisotopic (exact) mass is 436 g/mol. The molecule has 3 heterocycles. The first-order valence-corrected chi connectivity index (χ1v) is 8.96. The van der Waals surface area contributed by atoms with Gasteiger partial charge in [-0.3, -0.25) is 4.57 Å². The lowest BCUT2D eigenvalue weighted by molar-refractivity contribution is -0.389. The number of nitro groups is 1. The highest BCUT2D eigenvalue weighted by Crippen LogP contribution is 2.31. The molecule has 1 aromatic carbocycles. The second-order valence-electron chi connectivity index (χ2n) is 7.06. The van der Waals surface area contributed by atoms with Crippen LogP contribution in [0.25, 0.3) is 11.1 Å². The van der Waals surface area contributed by atoms with E-state index in [0.29, 0.717) is 23.6 Å². The number of alkyl halides is 3. The first-order valence-electron chi connectivity index (χ1n) is 8.96. The van der Waals surface area contributed by atoms with Gasteiger partial charge in [-0.1, -0.05) is 12.1 Å². The summed E-state index contributed by atoms with van der Waals surface area (Å²) < 4.78 is 53.5. The zero-order valence-electron chi connectivity index (χ0n) is 16.0. The van der Waals surface area contributed by atoms with E-state index >= 15 is 0 Å². The summed E-state index contributed by atoms with van der Waals surface area (Å²) in [7, 11) is 0. The molecule has 12 heteroatoms. The van der Waals surface area contributed by atoms with E-state index in [-0.39, 0.29) is 24.2 Å². The Balaban J connectivity index is 1.36. The SMILES string of the molecule is CC1(COc2ccc(-c3ccc(OC(F)(F)F)cc3)cn2)Cn2cc([N+](=O)[O-])nc2O1. The van der Waals surface area contributed by atoms with Crippen LogP contribution in [0.2, 0.25) is 0 Å². The van der Waals surface area contributed by atoms with Crippen LogP contribution in [-0.4, -0.2) is 38.0 Å². The van der Waals surface area contributed by atoms with E-state index in [4.69, 9.17) is 9.47 Å². The summed E-state index contributed by atoms with van der Waals surface area (Å²) in [6, 6.07) is 8.92. The smallest absolute Gasteiger partial charge is 0.473 e. The van der Waals surface area contributed by atoms with Gasteiger partial charge in [0.05, 0.1) is 6.54 Å². The predicted octanol–water partition coefficient (Wildman–Crippen LogP) is 3.98. The number of aromatic nitrogens is 3. The first kappa shape index (κ1) is 20.4. The molecule has 4 rings (SSSR count). The van der Waals surface area contributed by atoms with Crippen molar-refractivity contribution in [3.8, 4) is 28.8 Å². The van der Waals surface area contributed by atoms with Crippen molar-refractivity contribution in [2.24, 2.45) is 0 Å². The second kappa shape index (κ2) is 7.45. The molecule has 0 bridgehead atoms. The molecule has 9 nitrogen and oxygen atoms in total. The summed E-state index contributed by atoms with van der Waals surface area (Å²) in [5.41, 5.74) is 0.569. The van der Waals surface area contributed by atoms with Gasteiger partial charge in [0.25, 0.3) is 0 Å². The molecule has 31 heavy (non-hydrogen) atoms. The number of benzene rings is 1. The molecular formula is C19H15F3N4O5. The van der Waals surface area contributed by atoms with Gasteiger partial charge in [-0.2, -0.15) is 0 Å². The molecule has 1 aliphatic rings. The molecule has 0 saturated carbocycles. The van der Waals surface area contributed by atoms with Crippen LogP contribution in [-0.2, 0) is 6.54 Å². The van der Waals surface area contributed by atoms with Crippen LogP contribution in [0.1, 0.15) is 6.92 Å². The fourth-order valence-corrected chi connectivity index (χ4v) is 3.07. The number of hydrogen-bond acceptors (Lipinski definition) is 7. The van der Waals surface area contributed by atoms with Crippen LogP contribution < -0.4 is 14.2 Å². The molecule has 1 unspecified atom stereocenters. The quantitative estimate of drug-likeness (QED) is 0.425. The summed E-state index contributed by atoms with van der Waals surface area (Å²) in [4.78, 5) is 18.2. The summed E-state index contributed by atoms with van der Waals surface area (Å²) in [5, 5.41) is 10.8. The zero-order chi connectivity index (χ0) is 22.2. The molecule has 0 radical (unpaired) electrons. The Kier molecular flexibility index (Phi) is 4.91. The number of imidazole rings is 1. The Hall–Kier alpha value is -3.83. The highest BCUT2D eigenvalue weighted by atomic mass is 19.4. The maximum absolute atomic E-state index is 12.2. The molecule has 162 valence electrons. The lowest BCUT2D eigenvalue weighted by atomic mass is 10.1. The summed E-state index contributed by atoms with van der Waals surface area (Å²) in [5.74, 6) is -0.270. The van der Waals surface area contributed by atoms with E-state index in [9.17, 15) is 23.3 Å². The third-order valence-electron chi connectivity index (χ3n) is 4.44. The Labute approximate surface area is 173 Å². The first-order chi connectivity index (χ1) is 14.6. The van der Waals surface area contributed by atoms with Gasteiger partial charge in [0.15, 0.2) is 5.60 Å². The maximum atomic E-state index is 12.2. The fraction of sp³-hybridized carbons (Fsp3) is 0.263. The van der Waals surface area contributed by atoms with E-state index in [1.165, 1.54) is 36.7 Å². The van der Waals surface area contributed by atoms with Crippen LogP contribution in [0.3, 0.4) is 0 Å². The standard InChI is InChI=1S/C19H15F3N4O5/c1-18(10-25-9-15(26(27)28)24-17(25)31-18)11-29-16-7-4-13(8-23-16)12-2-5-14(6-3-12)30-19(20,21)22/h2-9H,10-11H2,1H3. The van der Waals surface area contributed by atoms with Gasteiger partial charge in [-0.25, -0.2) is 4.98 Å². The lowest BCUT2D eigenvalue weighted by Gasteiger charge is -2.21. The van der Waals surface area contributed by atoms with Crippen molar-refractivity contribution in [1.29, 1.82) is 0 Å². The van der Waals surface area contributed by atoms with Crippen molar-refractivity contribution < 1.29 is 32.3 Å². The second-order valence-corrected chi connectivity index (χ2v) is 7.06. The Morgan fingerprint density at radius 2 is 1.94 bits per heavy atom. The number of nitrogens with zero attached hydrogens (tertiary/aromatic N) is 4. The van der Waals surface area contributed by atoms with E-state index in [1.807, 2.05) is 0 Å². The van der Waals surface area contributed by atoms with E-state index in [0.717, 1.165) is 0 Å². The van der Waals surface area contributed by atoms with Crippen LogP contribution in [0.15, 0.2) is 48.8 Å². The number of hydrogen-bond donors (Lipinski definition) is 0. The fourth-order valence-electron chi connectivity index (χ4n) is 3.07. The predicted molar refractivity (Wildman–Crippen MR) is 99.8 cm³/mol. The Bertz CT molecular complexity index is 1070. The van der Waals surface area contributed by atoms with Crippen molar-refractivity contribution in [2.45, 2.75) is 25.4 Å². The molecule has 0 spiro atoms. The van der Waals surface area contributed by atoms with Crippen LogP contribution in [0.4, 0.5) is 19.0 Å². The molecule has 1 aliphatic heterocycles. The molecule has 0 N–H and O–H groups in total. The van der Waals surface area contributed by atoms with Crippen molar-refractivity contribution in [3.63, 3.8) is 0 Å². The largest absolute Gasteiger partial charge is 0.573 e. The zero-order valence-corrected chi connectivity index (χ0v) is 16.0. The molecule has 0 saturated heterocycles. The number of halogens is 3. The lowest BCUT2D eigenvalue weighted by Crippen LogP contribution is -2.38. The van der Waals surface area contributed by atoms with Gasteiger partial charge in [-0.05, 0) is 35.6 Å². The van der Waals surface area contributed by atoms with Crippen LogP contribution >= 0.6 is 0 Å².